The normalized spacial score (nSPS) is 14.8. The minimum atomic E-state index is -1.08. The average Bonchev–Trinajstić information content (AvgIpc) is 3.55. The highest BCUT2D eigenvalue weighted by Crippen LogP contribution is 2.45. The second kappa shape index (κ2) is 13.4. The molecular weight excluding hydrogens is 580 g/mol. The van der Waals surface area contributed by atoms with Gasteiger partial charge in [-0.05, 0) is 48.7 Å². The fourth-order valence-electron chi connectivity index (χ4n) is 4.78. The van der Waals surface area contributed by atoms with Crippen molar-refractivity contribution in [1.82, 2.24) is 4.98 Å². The molecule has 1 atom stereocenters. The molecule has 1 aliphatic heterocycles. The van der Waals surface area contributed by atoms with Gasteiger partial charge >= 0.3 is 5.97 Å². The van der Waals surface area contributed by atoms with Gasteiger partial charge < -0.3 is 19.3 Å². The number of carbonyl (C=O) groups excluding carboxylic acids is 3. The van der Waals surface area contributed by atoms with E-state index in [4.69, 9.17) is 14.2 Å². The van der Waals surface area contributed by atoms with Gasteiger partial charge in [0.1, 0.15) is 11.5 Å². The van der Waals surface area contributed by atoms with Crippen LogP contribution in [0.5, 0.6) is 11.5 Å². The topological polar surface area (TPSA) is 115 Å². The van der Waals surface area contributed by atoms with Crippen LogP contribution in [-0.2, 0) is 20.9 Å². The average molecular weight is 611 g/mol. The van der Waals surface area contributed by atoms with Gasteiger partial charge in [-0.3, -0.25) is 14.5 Å². The first-order valence-corrected chi connectivity index (χ1v) is 14.7. The molecule has 0 saturated carbocycles. The molecule has 10 heteroatoms. The number of ether oxygens (including phenoxy) is 3. The lowest BCUT2D eigenvalue weighted by molar-refractivity contribution is -0.117. The smallest absolute Gasteiger partial charge is 0.350 e. The van der Waals surface area contributed by atoms with Crippen LogP contribution in [0, 0.1) is 6.92 Å². The number of hydrogen-bond donors (Lipinski definition) is 1. The number of amides is 1. The first-order valence-electron chi connectivity index (χ1n) is 13.9. The molecule has 0 radical (unpaired) electrons. The Balaban J connectivity index is 1.58. The van der Waals surface area contributed by atoms with E-state index in [2.05, 4.69) is 4.98 Å². The van der Waals surface area contributed by atoms with Gasteiger partial charge in [-0.15, -0.1) is 0 Å². The van der Waals surface area contributed by atoms with Gasteiger partial charge in [-0.25, -0.2) is 9.78 Å². The number of rotatable bonds is 11. The van der Waals surface area contributed by atoms with E-state index < -0.39 is 29.5 Å². The van der Waals surface area contributed by atoms with Crippen LogP contribution in [0.2, 0.25) is 0 Å². The highest BCUT2D eigenvalue weighted by atomic mass is 32.1. The fourth-order valence-corrected chi connectivity index (χ4v) is 5.79. The molecule has 0 saturated heterocycles. The van der Waals surface area contributed by atoms with Crippen LogP contribution in [0.4, 0.5) is 5.13 Å². The minimum absolute atomic E-state index is 0.127. The Bertz CT molecular complexity index is 1750. The molecule has 1 aromatic heterocycles. The number of anilines is 1. The lowest BCUT2D eigenvalue weighted by Gasteiger charge is -2.25. The number of ketones is 1. The molecule has 9 nitrogen and oxygen atoms in total. The molecule has 224 valence electrons. The quantitative estimate of drug-likeness (QED) is 0.153. The number of methoxy groups -OCH3 is 1. The summed E-state index contributed by atoms with van der Waals surface area (Å²) in [5, 5.41) is 11.2. The number of benzene rings is 3. The third-order valence-corrected chi connectivity index (χ3v) is 8.02. The summed E-state index contributed by atoms with van der Waals surface area (Å²) in [5.74, 6) is -1.81. The van der Waals surface area contributed by atoms with E-state index in [0.717, 1.165) is 22.5 Å². The van der Waals surface area contributed by atoms with Crippen molar-refractivity contribution in [3.8, 4) is 11.5 Å². The Morgan fingerprint density at radius 2 is 1.70 bits per heavy atom. The van der Waals surface area contributed by atoms with Crippen molar-refractivity contribution in [1.29, 1.82) is 0 Å². The van der Waals surface area contributed by atoms with Crippen molar-refractivity contribution in [2.45, 2.75) is 26.5 Å². The van der Waals surface area contributed by atoms with E-state index in [1.54, 1.807) is 31.2 Å². The van der Waals surface area contributed by atoms with Crippen molar-refractivity contribution >= 4 is 40.2 Å². The zero-order chi connectivity index (χ0) is 31.2. The summed E-state index contributed by atoms with van der Waals surface area (Å²) in [6.45, 7) is 4.09. The van der Waals surface area contributed by atoms with Gasteiger partial charge in [-0.1, -0.05) is 84.1 Å². The van der Waals surface area contributed by atoms with E-state index in [9.17, 15) is 19.5 Å². The molecule has 4 aromatic rings. The van der Waals surface area contributed by atoms with Crippen LogP contribution in [0.3, 0.4) is 0 Å². The number of allylic oxidation sites excluding steroid dienone is 1. The van der Waals surface area contributed by atoms with Crippen LogP contribution in [-0.4, -0.2) is 41.5 Å². The lowest BCUT2D eigenvalue weighted by atomic mass is 9.95. The Hall–Kier alpha value is -5.22. The molecular formula is C34H30N2O7S. The molecule has 2 heterocycles. The molecule has 0 aliphatic carbocycles. The maximum Gasteiger partial charge on any atom is 0.350 e. The number of hydrogen-bond acceptors (Lipinski definition) is 9. The van der Waals surface area contributed by atoms with Crippen molar-refractivity contribution in [3.63, 3.8) is 0 Å². The Morgan fingerprint density at radius 3 is 2.39 bits per heavy atom. The lowest BCUT2D eigenvalue weighted by Crippen LogP contribution is -2.31. The molecule has 5 rings (SSSR count). The van der Waals surface area contributed by atoms with Crippen LogP contribution in [0.1, 0.15) is 45.0 Å². The van der Waals surface area contributed by atoms with Crippen molar-refractivity contribution < 1.29 is 33.7 Å². The number of carbonyl (C=O) groups is 3. The SMILES string of the molecule is CCOc1cc(C2C(C(=O)/C=C/c3ccccc3)=C(O)C(=O)N2c2nc(C)c(C(=O)OC)s2)ccc1OCc1ccccc1. The molecule has 1 amide bonds. The minimum Gasteiger partial charge on any atom is -0.503 e. The first kappa shape index (κ1) is 30.2. The molecule has 1 aliphatic rings. The Kier molecular flexibility index (Phi) is 9.20. The maximum absolute atomic E-state index is 13.7. The Labute approximate surface area is 258 Å². The number of aryl methyl sites for hydroxylation is 1. The molecule has 3 aromatic carbocycles. The van der Waals surface area contributed by atoms with Crippen molar-refractivity contribution in [3.05, 3.63) is 124 Å². The summed E-state index contributed by atoms with van der Waals surface area (Å²) in [4.78, 5) is 45.5. The van der Waals surface area contributed by atoms with E-state index >= 15 is 0 Å². The highest BCUT2D eigenvalue weighted by Gasteiger charge is 2.45. The summed E-state index contributed by atoms with van der Waals surface area (Å²) in [6, 6.07) is 22.9. The van der Waals surface area contributed by atoms with E-state index in [0.29, 0.717) is 36.0 Å². The highest BCUT2D eigenvalue weighted by molar-refractivity contribution is 7.17. The van der Waals surface area contributed by atoms with Crippen LogP contribution < -0.4 is 14.4 Å². The summed E-state index contributed by atoms with van der Waals surface area (Å²) in [6.07, 6.45) is 2.93. The predicted octanol–water partition coefficient (Wildman–Crippen LogP) is 6.40. The number of aromatic nitrogens is 1. The number of aliphatic hydroxyl groups is 1. The van der Waals surface area contributed by atoms with E-state index in [-0.39, 0.29) is 15.6 Å². The summed E-state index contributed by atoms with van der Waals surface area (Å²) in [7, 11) is 1.25. The Morgan fingerprint density at radius 1 is 1.00 bits per heavy atom. The number of nitrogens with zero attached hydrogens (tertiary/aromatic N) is 2. The number of esters is 1. The van der Waals surface area contributed by atoms with Crippen molar-refractivity contribution in [2.24, 2.45) is 0 Å². The van der Waals surface area contributed by atoms with Crippen molar-refractivity contribution in [2.75, 3.05) is 18.6 Å². The van der Waals surface area contributed by atoms with E-state index in [1.807, 2.05) is 67.6 Å². The van der Waals surface area contributed by atoms with Gasteiger partial charge in [-0.2, -0.15) is 0 Å². The van der Waals surface area contributed by atoms with Crippen LogP contribution >= 0.6 is 11.3 Å². The van der Waals surface area contributed by atoms with Crippen LogP contribution in [0.15, 0.2) is 96.3 Å². The third-order valence-electron chi connectivity index (χ3n) is 6.88. The van der Waals surface area contributed by atoms with Gasteiger partial charge in [0.2, 0.25) is 0 Å². The fraction of sp³-hybridized carbons (Fsp3) is 0.176. The van der Waals surface area contributed by atoms with Gasteiger partial charge in [0.15, 0.2) is 28.2 Å². The second-order valence-electron chi connectivity index (χ2n) is 9.76. The number of thiazole rings is 1. The van der Waals surface area contributed by atoms with Crippen LogP contribution in [0.25, 0.3) is 6.08 Å². The third kappa shape index (κ3) is 6.25. The van der Waals surface area contributed by atoms with Gasteiger partial charge in [0.05, 0.1) is 31.0 Å². The first-order chi connectivity index (χ1) is 21.3. The zero-order valence-electron chi connectivity index (χ0n) is 24.4. The molecule has 1 N–H and O–H groups in total. The standard InChI is InChI=1S/C34H30N2O7S/c1-4-42-27-19-24(16-18-26(27)43-20-23-13-9-6-10-14-23)29-28(25(37)17-15-22-11-7-5-8-12-22)30(38)32(39)36(29)34-35-21(2)31(44-34)33(40)41-3/h5-19,29,38H,4,20H2,1-3H3/b17-15+. The zero-order valence-corrected chi connectivity index (χ0v) is 25.2. The predicted molar refractivity (Wildman–Crippen MR) is 167 cm³/mol. The summed E-state index contributed by atoms with van der Waals surface area (Å²) in [5.41, 5.74) is 2.44. The van der Waals surface area contributed by atoms with Gasteiger partial charge in [0.25, 0.3) is 5.91 Å². The second-order valence-corrected chi connectivity index (χ2v) is 10.7. The molecule has 0 fully saturated rings. The summed E-state index contributed by atoms with van der Waals surface area (Å²) >= 11 is 0.937. The molecule has 44 heavy (non-hydrogen) atoms. The summed E-state index contributed by atoms with van der Waals surface area (Å²) < 4.78 is 16.8. The molecule has 0 bridgehead atoms. The maximum atomic E-state index is 13.7. The van der Waals surface area contributed by atoms with Gasteiger partial charge in [0, 0.05) is 0 Å². The molecule has 0 spiro atoms. The molecule has 1 unspecified atom stereocenters. The largest absolute Gasteiger partial charge is 0.503 e. The monoisotopic (exact) mass is 610 g/mol. The number of aliphatic hydroxyl groups excluding tert-OH is 1. The van der Waals surface area contributed by atoms with E-state index in [1.165, 1.54) is 18.1 Å².